The van der Waals surface area contributed by atoms with Crippen molar-refractivity contribution in [2.24, 2.45) is 0 Å². The summed E-state index contributed by atoms with van der Waals surface area (Å²) in [6.45, 7) is 7.91. The third kappa shape index (κ3) is 6.38. The Morgan fingerprint density at radius 1 is 1.11 bits per heavy atom. The SMILES string of the molecule is CCCC(C#N)N1CCN(CCCCCCO)CC1. The normalized spacial score (nSPS) is 19.2. The van der Waals surface area contributed by atoms with E-state index in [1.165, 1.54) is 19.4 Å². The van der Waals surface area contributed by atoms with Gasteiger partial charge < -0.3 is 10.0 Å². The Morgan fingerprint density at radius 3 is 2.37 bits per heavy atom. The van der Waals surface area contributed by atoms with Crippen LogP contribution in [0.4, 0.5) is 0 Å². The first-order valence-electron chi connectivity index (χ1n) is 7.78. The molecule has 1 atom stereocenters. The van der Waals surface area contributed by atoms with Gasteiger partial charge in [-0.2, -0.15) is 5.26 Å². The molecule has 1 heterocycles. The van der Waals surface area contributed by atoms with E-state index in [1.807, 2.05) is 0 Å². The van der Waals surface area contributed by atoms with Crippen LogP contribution in [0.5, 0.6) is 0 Å². The highest BCUT2D eigenvalue weighted by atomic mass is 16.2. The van der Waals surface area contributed by atoms with Crippen molar-refractivity contribution in [2.75, 3.05) is 39.3 Å². The number of hydrogen-bond acceptors (Lipinski definition) is 4. The molecule has 0 aromatic rings. The van der Waals surface area contributed by atoms with Crippen LogP contribution in [-0.2, 0) is 0 Å². The molecular weight excluding hydrogens is 238 g/mol. The molecule has 0 aromatic heterocycles. The number of aliphatic hydroxyl groups is 1. The molecule has 1 aliphatic heterocycles. The first-order valence-corrected chi connectivity index (χ1v) is 7.78. The Kier molecular flexibility index (Phi) is 8.81. The Balaban J connectivity index is 2.13. The number of piperazine rings is 1. The van der Waals surface area contributed by atoms with Crippen LogP contribution < -0.4 is 0 Å². The lowest BCUT2D eigenvalue weighted by molar-refractivity contribution is 0.109. The topological polar surface area (TPSA) is 50.5 Å². The van der Waals surface area contributed by atoms with Gasteiger partial charge in [0.25, 0.3) is 0 Å². The fourth-order valence-corrected chi connectivity index (χ4v) is 2.70. The van der Waals surface area contributed by atoms with E-state index in [-0.39, 0.29) is 6.04 Å². The van der Waals surface area contributed by atoms with Crippen molar-refractivity contribution in [1.82, 2.24) is 9.80 Å². The van der Waals surface area contributed by atoms with Crippen LogP contribution in [0.3, 0.4) is 0 Å². The molecule has 0 aromatic carbocycles. The van der Waals surface area contributed by atoms with Crippen LogP contribution >= 0.6 is 0 Å². The highest BCUT2D eigenvalue weighted by molar-refractivity contribution is 4.93. The van der Waals surface area contributed by atoms with Gasteiger partial charge in [0, 0.05) is 32.8 Å². The van der Waals surface area contributed by atoms with Gasteiger partial charge in [-0.1, -0.05) is 26.2 Å². The maximum Gasteiger partial charge on any atom is 0.0978 e. The minimum absolute atomic E-state index is 0.122. The Hall–Kier alpha value is -0.630. The molecule has 0 amide bonds. The van der Waals surface area contributed by atoms with E-state index < -0.39 is 0 Å². The molecule has 1 saturated heterocycles. The Labute approximate surface area is 118 Å². The third-order valence-corrected chi connectivity index (χ3v) is 3.94. The van der Waals surface area contributed by atoms with Crippen molar-refractivity contribution >= 4 is 0 Å². The smallest absolute Gasteiger partial charge is 0.0978 e. The largest absolute Gasteiger partial charge is 0.396 e. The highest BCUT2D eigenvalue weighted by Crippen LogP contribution is 2.11. The van der Waals surface area contributed by atoms with E-state index in [1.54, 1.807) is 0 Å². The van der Waals surface area contributed by atoms with Gasteiger partial charge in [-0.25, -0.2) is 0 Å². The second-order valence-corrected chi connectivity index (χ2v) is 5.45. The van der Waals surface area contributed by atoms with Gasteiger partial charge >= 0.3 is 0 Å². The lowest BCUT2D eigenvalue weighted by Gasteiger charge is -2.36. The van der Waals surface area contributed by atoms with Crippen molar-refractivity contribution in [3.8, 4) is 6.07 Å². The molecule has 0 spiro atoms. The molecule has 0 saturated carbocycles. The molecule has 1 aliphatic rings. The van der Waals surface area contributed by atoms with E-state index in [0.717, 1.165) is 51.9 Å². The highest BCUT2D eigenvalue weighted by Gasteiger charge is 2.22. The van der Waals surface area contributed by atoms with Gasteiger partial charge in [-0.05, 0) is 25.8 Å². The molecule has 0 aliphatic carbocycles. The van der Waals surface area contributed by atoms with Gasteiger partial charge in [0.2, 0.25) is 0 Å². The van der Waals surface area contributed by atoms with E-state index >= 15 is 0 Å². The number of nitrogens with zero attached hydrogens (tertiary/aromatic N) is 3. The molecule has 4 nitrogen and oxygen atoms in total. The number of aliphatic hydroxyl groups excluding tert-OH is 1. The molecule has 4 heteroatoms. The molecule has 1 unspecified atom stereocenters. The predicted molar refractivity (Wildman–Crippen MR) is 77.9 cm³/mol. The molecule has 1 rings (SSSR count). The van der Waals surface area contributed by atoms with Crippen molar-refractivity contribution in [3.05, 3.63) is 0 Å². The Bertz CT molecular complexity index is 257. The molecule has 0 radical (unpaired) electrons. The fraction of sp³-hybridized carbons (Fsp3) is 0.933. The standard InChI is InChI=1S/C15H29N3O/c1-2-7-15(14-16)18-11-9-17(10-12-18)8-5-3-4-6-13-19/h15,19H,2-13H2,1H3. The Morgan fingerprint density at radius 2 is 1.79 bits per heavy atom. The molecule has 0 bridgehead atoms. The quantitative estimate of drug-likeness (QED) is 0.648. The summed E-state index contributed by atoms with van der Waals surface area (Å²) in [4.78, 5) is 4.85. The summed E-state index contributed by atoms with van der Waals surface area (Å²) in [7, 11) is 0. The fourth-order valence-electron chi connectivity index (χ4n) is 2.70. The van der Waals surface area contributed by atoms with Gasteiger partial charge in [0.15, 0.2) is 0 Å². The summed E-state index contributed by atoms with van der Waals surface area (Å²) in [6, 6.07) is 2.56. The van der Waals surface area contributed by atoms with Crippen LogP contribution in [0.15, 0.2) is 0 Å². The number of hydrogen-bond donors (Lipinski definition) is 1. The molecule has 1 fully saturated rings. The number of nitriles is 1. The summed E-state index contributed by atoms with van der Waals surface area (Å²) in [5, 5.41) is 17.9. The maximum atomic E-state index is 9.17. The average molecular weight is 267 g/mol. The molecule has 1 N–H and O–H groups in total. The van der Waals surface area contributed by atoms with Gasteiger partial charge in [0.1, 0.15) is 0 Å². The number of unbranched alkanes of at least 4 members (excludes halogenated alkanes) is 3. The monoisotopic (exact) mass is 267 g/mol. The van der Waals surface area contributed by atoms with Crippen molar-refractivity contribution < 1.29 is 5.11 Å². The van der Waals surface area contributed by atoms with E-state index in [9.17, 15) is 5.26 Å². The second-order valence-electron chi connectivity index (χ2n) is 5.45. The van der Waals surface area contributed by atoms with Gasteiger partial charge in [-0.3, -0.25) is 4.90 Å². The molecular formula is C15H29N3O. The van der Waals surface area contributed by atoms with Crippen molar-refractivity contribution in [3.63, 3.8) is 0 Å². The summed E-state index contributed by atoms with van der Waals surface area (Å²) >= 11 is 0. The minimum atomic E-state index is 0.122. The first-order chi connectivity index (χ1) is 9.31. The maximum absolute atomic E-state index is 9.17. The number of rotatable bonds is 9. The van der Waals surface area contributed by atoms with Crippen LogP contribution in [0.25, 0.3) is 0 Å². The predicted octanol–water partition coefficient (Wildman–Crippen LogP) is 1.85. The lowest BCUT2D eigenvalue weighted by atomic mass is 10.1. The summed E-state index contributed by atoms with van der Waals surface area (Å²) in [5.41, 5.74) is 0. The van der Waals surface area contributed by atoms with Crippen LogP contribution in [0.2, 0.25) is 0 Å². The summed E-state index contributed by atoms with van der Waals surface area (Å²) in [5.74, 6) is 0. The zero-order valence-corrected chi connectivity index (χ0v) is 12.4. The van der Waals surface area contributed by atoms with Crippen LogP contribution in [0, 0.1) is 11.3 Å². The van der Waals surface area contributed by atoms with Crippen molar-refractivity contribution in [2.45, 2.75) is 51.5 Å². The zero-order chi connectivity index (χ0) is 13.9. The summed E-state index contributed by atoms with van der Waals surface area (Å²) in [6.07, 6.45) is 6.62. The summed E-state index contributed by atoms with van der Waals surface area (Å²) < 4.78 is 0. The molecule has 19 heavy (non-hydrogen) atoms. The average Bonchev–Trinajstić information content (AvgIpc) is 2.45. The zero-order valence-electron chi connectivity index (χ0n) is 12.4. The van der Waals surface area contributed by atoms with Crippen molar-refractivity contribution in [1.29, 1.82) is 5.26 Å². The van der Waals surface area contributed by atoms with Crippen LogP contribution in [0.1, 0.15) is 45.4 Å². The van der Waals surface area contributed by atoms with E-state index in [0.29, 0.717) is 6.61 Å². The van der Waals surface area contributed by atoms with Gasteiger partial charge in [0.05, 0.1) is 12.1 Å². The van der Waals surface area contributed by atoms with Gasteiger partial charge in [-0.15, -0.1) is 0 Å². The second kappa shape index (κ2) is 10.2. The minimum Gasteiger partial charge on any atom is -0.396 e. The molecule has 110 valence electrons. The first kappa shape index (κ1) is 16.4. The third-order valence-electron chi connectivity index (χ3n) is 3.94. The van der Waals surface area contributed by atoms with E-state index in [2.05, 4.69) is 22.8 Å². The van der Waals surface area contributed by atoms with E-state index in [4.69, 9.17) is 5.11 Å². The van der Waals surface area contributed by atoms with Crippen LogP contribution in [-0.4, -0.2) is 60.3 Å². The lowest BCUT2D eigenvalue weighted by Crippen LogP contribution is -2.50.